The molecule has 0 spiro atoms. The zero-order chi connectivity index (χ0) is 12.8. The van der Waals surface area contributed by atoms with E-state index in [1.54, 1.807) is 6.20 Å². The monoisotopic (exact) mass is 256 g/mol. The average Bonchev–Trinajstić information content (AvgIpc) is 2.29. The fourth-order valence-electron chi connectivity index (χ4n) is 1.28. The molecule has 0 aromatic carbocycles. The van der Waals surface area contributed by atoms with Crippen LogP contribution in [0.4, 0.5) is 5.69 Å². The first-order valence-corrected chi connectivity index (χ1v) is 5.82. The van der Waals surface area contributed by atoms with E-state index in [1.165, 1.54) is 4.68 Å². The molecule has 0 atom stereocenters. The van der Waals surface area contributed by atoms with Crippen molar-refractivity contribution >= 4 is 17.3 Å². The largest absolute Gasteiger partial charge is 0.379 e. The van der Waals surface area contributed by atoms with Crippen molar-refractivity contribution in [1.82, 2.24) is 9.78 Å². The van der Waals surface area contributed by atoms with Crippen LogP contribution in [-0.4, -0.2) is 22.9 Å². The van der Waals surface area contributed by atoms with Crippen molar-refractivity contribution in [2.45, 2.75) is 19.9 Å². The number of anilines is 1. The van der Waals surface area contributed by atoms with Crippen LogP contribution in [-0.2, 0) is 0 Å². The number of nitrogens with two attached hydrogens (primary N) is 1. The van der Waals surface area contributed by atoms with E-state index in [4.69, 9.17) is 17.3 Å². The molecule has 1 rings (SSSR count). The van der Waals surface area contributed by atoms with Gasteiger partial charge in [-0.05, 0) is 13.8 Å². The van der Waals surface area contributed by atoms with Crippen LogP contribution >= 0.6 is 11.6 Å². The topological polar surface area (TPSA) is 72.9 Å². The number of nitrogens with zero attached hydrogens (tertiary/aromatic N) is 2. The van der Waals surface area contributed by atoms with E-state index in [2.05, 4.69) is 10.4 Å². The molecular weight excluding hydrogens is 240 g/mol. The standard InChI is InChI=1S/C11H17ClN4O/c1-8(2)16-11(17)10(12)9(7-15-16)14-6-4-3-5-13/h3-4,7-8,14H,5-6,13H2,1-2H3/b4-3+. The van der Waals surface area contributed by atoms with Gasteiger partial charge in [0.1, 0.15) is 5.02 Å². The van der Waals surface area contributed by atoms with E-state index in [9.17, 15) is 4.79 Å². The Kier molecular flexibility index (Phi) is 5.18. The van der Waals surface area contributed by atoms with Gasteiger partial charge in [-0.25, -0.2) is 4.68 Å². The summed E-state index contributed by atoms with van der Waals surface area (Å²) in [6.07, 6.45) is 5.24. The van der Waals surface area contributed by atoms with Crippen LogP contribution in [0.25, 0.3) is 0 Å². The number of aromatic nitrogens is 2. The van der Waals surface area contributed by atoms with Gasteiger partial charge in [0.05, 0.1) is 17.9 Å². The summed E-state index contributed by atoms with van der Waals surface area (Å²) in [6.45, 7) is 4.80. The van der Waals surface area contributed by atoms with E-state index >= 15 is 0 Å². The first kappa shape index (κ1) is 13.7. The first-order valence-electron chi connectivity index (χ1n) is 5.44. The maximum absolute atomic E-state index is 11.8. The molecule has 0 aliphatic rings. The molecule has 3 N–H and O–H groups in total. The Morgan fingerprint density at radius 3 is 2.88 bits per heavy atom. The maximum Gasteiger partial charge on any atom is 0.287 e. The fourth-order valence-corrected chi connectivity index (χ4v) is 1.49. The number of nitrogens with one attached hydrogen (secondary N) is 1. The zero-order valence-corrected chi connectivity index (χ0v) is 10.7. The summed E-state index contributed by atoms with van der Waals surface area (Å²) >= 11 is 5.97. The smallest absolute Gasteiger partial charge is 0.287 e. The number of hydrogen-bond donors (Lipinski definition) is 2. The summed E-state index contributed by atoms with van der Waals surface area (Å²) < 4.78 is 1.35. The summed E-state index contributed by atoms with van der Waals surface area (Å²) in [7, 11) is 0. The quantitative estimate of drug-likeness (QED) is 0.782. The lowest BCUT2D eigenvalue weighted by atomic mass is 10.4. The molecule has 0 unspecified atom stereocenters. The second-order valence-corrected chi connectivity index (χ2v) is 4.18. The van der Waals surface area contributed by atoms with E-state index in [0.717, 1.165) is 0 Å². The number of rotatable bonds is 5. The van der Waals surface area contributed by atoms with Crippen molar-refractivity contribution in [3.8, 4) is 0 Å². The minimum atomic E-state index is -0.283. The molecular formula is C11H17ClN4O. The van der Waals surface area contributed by atoms with Gasteiger partial charge in [0, 0.05) is 13.1 Å². The second-order valence-electron chi connectivity index (χ2n) is 3.80. The summed E-state index contributed by atoms with van der Waals surface area (Å²) in [5, 5.41) is 7.21. The Morgan fingerprint density at radius 1 is 1.59 bits per heavy atom. The van der Waals surface area contributed by atoms with Crippen molar-refractivity contribution in [3.63, 3.8) is 0 Å². The van der Waals surface area contributed by atoms with Gasteiger partial charge in [0.15, 0.2) is 0 Å². The Morgan fingerprint density at radius 2 is 2.29 bits per heavy atom. The minimum absolute atomic E-state index is 0.00816. The van der Waals surface area contributed by atoms with Crippen LogP contribution in [0.15, 0.2) is 23.1 Å². The molecule has 1 aromatic rings. The van der Waals surface area contributed by atoms with Crippen LogP contribution < -0.4 is 16.6 Å². The lowest BCUT2D eigenvalue weighted by Crippen LogP contribution is -2.25. The van der Waals surface area contributed by atoms with Gasteiger partial charge in [0.2, 0.25) is 0 Å². The van der Waals surface area contributed by atoms with E-state index in [0.29, 0.717) is 18.8 Å². The van der Waals surface area contributed by atoms with Crippen LogP contribution in [0, 0.1) is 0 Å². The van der Waals surface area contributed by atoms with Gasteiger partial charge in [-0.3, -0.25) is 4.79 Å². The highest BCUT2D eigenvalue weighted by Gasteiger charge is 2.10. The molecule has 0 radical (unpaired) electrons. The molecule has 6 heteroatoms. The van der Waals surface area contributed by atoms with Crippen molar-refractivity contribution in [2.75, 3.05) is 18.4 Å². The van der Waals surface area contributed by atoms with Crippen molar-refractivity contribution in [3.05, 3.63) is 33.7 Å². The third-order valence-corrected chi connectivity index (χ3v) is 2.51. The molecule has 17 heavy (non-hydrogen) atoms. The third kappa shape index (κ3) is 3.57. The molecule has 1 heterocycles. The minimum Gasteiger partial charge on any atom is -0.379 e. The van der Waals surface area contributed by atoms with Gasteiger partial charge in [-0.2, -0.15) is 5.10 Å². The number of hydrogen-bond acceptors (Lipinski definition) is 4. The zero-order valence-electron chi connectivity index (χ0n) is 9.98. The second kappa shape index (κ2) is 6.42. The van der Waals surface area contributed by atoms with Gasteiger partial charge in [-0.1, -0.05) is 23.8 Å². The molecule has 94 valence electrons. The highest BCUT2D eigenvalue weighted by molar-refractivity contribution is 6.32. The van der Waals surface area contributed by atoms with Crippen LogP contribution in [0.5, 0.6) is 0 Å². The Hall–Kier alpha value is -1.33. The van der Waals surface area contributed by atoms with Crippen LogP contribution in [0.2, 0.25) is 5.02 Å². The van der Waals surface area contributed by atoms with Gasteiger partial charge in [0.25, 0.3) is 5.56 Å². The Labute approximate surface area is 105 Å². The molecule has 0 saturated heterocycles. The Balaban J connectivity index is 2.86. The summed E-state index contributed by atoms with van der Waals surface area (Å²) in [6, 6.07) is -0.00816. The summed E-state index contributed by atoms with van der Waals surface area (Å²) in [5.41, 5.74) is 5.56. The Bertz CT molecular complexity index is 453. The van der Waals surface area contributed by atoms with Gasteiger partial charge < -0.3 is 11.1 Å². The normalized spacial score (nSPS) is 11.4. The third-order valence-electron chi connectivity index (χ3n) is 2.15. The lowest BCUT2D eigenvalue weighted by Gasteiger charge is -2.11. The average molecular weight is 257 g/mol. The molecule has 0 saturated carbocycles. The molecule has 0 amide bonds. The van der Waals surface area contributed by atoms with E-state index in [-0.39, 0.29) is 16.6 Å². The van der Waals surface area contributed by atoms with Crippen molar-refractivity contribution in [1.29, 1.82) is 0 Å². The van der Waals surface area contributed by atoms with Gasteiger partial charge in [-0.15, -0.1) is 0 Å². The van der Waals surface area contributed by atoms with E-state index in [1.807, 2.05) is 26.0 Å². The van der Waals surface area contributed by atoms with E-state index < -0.39 is 0 Å². The summed E-state index contributed by atoms with van der Waals surface area (Å²) in [5.74, 6) is 0. The molecule has 1 aromatic heterocycles. The molecule has 0 fully saturated rings. The highest BCUT2D eigenvalue weighted by atomic mass is 35.5. The van der Waals surface area contributed by atoms with Crippen molar-refractivity contribution < 1.29 is 0 Å². The molecule has 5 nitrogen and oxygen atoms in total. The first-order chi connectivity index (χ1) is 8.07. The predicted octanol–water partition coefficient (Wildman–Crippen LogP) is 1.40. The summed E-state index contributed by atoms with van der Waals surface area (Å²) in [4.78, 5) is 11.8. The molecule has 0 aliphatic heterocycles. The molecule has 0 bridgehead atoms. The maximum atomic E-state index is 11.8. The van der Waals surface area contributed by atoms with Crippen molar-refractivity contribution in [2.24, 2.45) is 5.73 Å². The fraction of sp³-hybridized carbons (Fsp3) is 0.455. The lowest BCUT2D eigenvalue weighted by molar-refractivity contribution is 0.503. The predicted molar refractivity (Wildman–Crippen MR) is 70.6 cm³/mol. The van der Waals surface area contributed by atoms with Crippen LogP contribution in [0.3, 0.4) is 0 Å². The molecule has 0 aliphatic carbocycles. The number of halogens is 1. The highest BCUT2D eigenvalue weighted by Crippen LogP contribution is 2.15. The van der Waals surface area contributed by atoms with Crippen LogP contribution in [0.1, 0.15) is 19.9 Å². The SMILES string of the molecule is CC(C)n1ncc(NC/C=C/CN)c(Cl)c1=O. The van der Waals surface area contributed by atoms with Gasteiger partial charge >= 0.3 is 0 Å².